The summed E-state index contributed by atoms with van der Waals surface area (Å²) in [4.78, 5) is 23.3. The van der Waals surface area contributed by atoms with Gasteiger partial charge in [-0.3, -0.25) is 9.59 Å². The van der Waals surface area contributed by atoms with Crippen LogP contribution in [0.5, 0.6) is 5.75 Å². The lowest BCUT2D eigenvalue weighted by atomic mass is 10.1. The van der Waals surface area contributed by atoms with Crippen LogP contribution in [0.15, 0.2) is 42.5 Å². The Hall–Kier alpha value is -2.62. The SMILES string of the molecule is CC(=O)c1cccc(NC(=O)CCCOc2cc(C)ccc2C)c1. The molecule has 0 aromatic heterocycles. The minimum Gasteiger partial charge on any atom is -0.493 e. The first-order chi connectivity index (χ1) is 11.5. The van der Waals surface area contributed by atoms with Crippen LogP contribution in [-0.2, 0) is 4.79 Å². The highest BCUT2D eigenvalue weighted by Crippen LogP contribution is 2.19. The van der Waals surface area contributed by atoms with Gasteiger partial charge < -0.3 is 10.1 Å². The maximum atomic E-state index is 12.0. The molecule has 4 heteroatoms. The van der Waals surface area contributed by atoms with E-state index in [1.807, 2.05) is 32.0 Å². The smallest absolute Gasteiger partial charge is 0.224 e. The zero-order chi connectivity index (χ0) is 17.5. The summed E-state index contributed by atoms with van der Waals surface area (Å²) in [7, 11) is 0. The van der Waals surface area contributed by atoms with Gasteiger partial charge in [-0.25, -0.2) is 0 Å². The van der Waals surface area contributed by atoms with E-state index in [0.29, 0.717) is 30.7 Å². The van der Waals surface area contributed by atoms with Crippen molar-refractivity contribution in [2.75, 3.05) is 11.9 Å². The average molecular weight is 325 g/mol. The van der Waals surface area contributed by atoms with E-state index in [1.165, 1.54) is 6.92 Å². The van der Waals surface area contributed by atoms with Crippen molar-refractivity contribution in [2.45, 2.75) is 33.6 Å². The van der Waals surface area contributed by atoms with E-state index in [1.54, 1.807) is 24.3 Å². The van der Waals surface area contributed by atoms with Crippen LogP contribution in [0.2, 0.25) is 0 Å². The molecule has 0 fully saturated rings. The third-order valence-electron chi connectivity index (χ3n) is 3.70. The molecule has 0 spiro atoms. The molecule has 1 N–H and O–H groups in total. The van der Waals surface area contributed by atoms with Crippen LogP contribution in [-0.4, -0.2) is 18.3 Å². The van der Waals surface area contributed by atoms with Crippen molar-refractivity contribution in [3.63, 3.8) is 0 Å². The molecule has 24 heavy (non-hydrogen) atoms. The Morgan fingerprint density at radius 3 is 2.62 bits per heavy atom. The van der Waals surface area contributed by atoms with Crippen LogP contribution in [0.3, 0.4) is 0 Å². The average Bonchev–Trinajstić information content (AvgIpc) is 2.55. The van der Waals surface area contributed by atoms with E-state index >= 15 is 0 Å². The number of ketones is 1. The second kappa shape index (κ2) is 8.29. The molecule has 4 nitrogen and oxygen atoms in total. The van der Waals surface area contributed by atoms with Crippen molar-refractivity contribution in [1.82, 2.24) is 0 Å². The molecule has 0 heterocycles. The molecule has 0 bridgehead atoms. The highest BCUT2D eigenvalue weighted by molar-refractivity contribution is 5.97. The summed E-state index contributed by atoms with van der Waals surface area (Å²) in [6.07, 6.45) is 1.00. The first kappa shape index (κ1) is 17.7. The fraction of sp³-hybridized carbons (Fsp3) is 0.300. The van der Waals surface area contributed by atoms with Crippen molar-refractivity contribution in [1.29, 1.82) is 0 Å². The number of ether oxygens (including phenoxy) is 1. The number of amides is 1. The minimum atomic E-state index is -0.0831. The molecular formula is C20H23NO3. The molecular weight excluding hydrogens is 302 g/mol. The molecule has 0 aliphatic carbocycles. The molecule has 2 aromatic carbocycles. The first-order valence-electron chi connectivity index (χ1n) is 8.06. The van der Waals surface area contributed by atoms with Gasteiger partial charge in [-0.15, -0.1) is 0 Å². The summed E-state index contributed by atoms with van der Waals surface area (Å²) in [5, 5.41) is 2.81. The number of hydrogen-bond acceptors (Lipinski definition) is 3. The Morgan fingerprint density at radius 2 is 1.88 bits per heavy atom. The van der Waals surface area contributed by atoms with Crippen molar-refractivity contribution in [3.05, 3.63) is 59.2 Å². The second-order valence-electron chi connectivity index (χ2n) is 5.91. The number of rotatable bonds is 7. The van der Waals surface area contributed by atoms with E-state index in [-0.39, 0.29) is 11.7 Å². The number of anilines is 1. The molecule has 0 atom stereocenters. The lowest BCUT2D eigenvalue weighted by Gasteiger charge is -2.10. The highest BCUT2D eigenvalue weighted by Gasteiger charge is 2.06. The Balaban J connectivity index is 1.78. The molecule has 0 saturated carbocycles. The zero-order valence-corrected chi connectivity index (χ0v) is 14.4. The molecule has 0 radical (unpaired) electrons. The molecule has 0 saturated heterocycles. The standard InChI is InChI=1S/C20H23NO3/c1-14-9-10-15(2)19(12-14)24-11-5-8-20(23)21-18-7-4-6-17(13-18)16(3)22/h4,6-7,9-10,12-13H,5,8,11H2,1-3H3,(H,21,23). The topological polar surface area (TPSA) is 55.4 Å². The predicted octanol–water partition coefficient (Wildman–Crippen LogP) is 4.30. The second-order valence-corrected chi connectivity index (χ2v) is 5.91. The van der Waals surface area contributed by atoms with E-state index in [0.717, 1.165) is 16.9 Å². The number of hydrogen-bond donors (Lipinski definition) is 1. The molecule has 126 valence electrons. The van der Waals surface area contributed by atoms with Crippen molar-refractivity contribution in [3.8, 4) is 5.75 Å². The van der Waals surface area contributed by atoms with Gasteiger partial charge >= 0.3 is 0 Å². The maximum absolute atomic E-state index is 12.0. The monoisotopic (exact) mass is 325 g/mol. The third kappa shape index (κ3) is 5.23. The molecule has 0 aliphatic heterocycles. The molecule has 1 amide bonds. The number of Topliss-reactive ketones (excluding diaryl/α,β-unsaturated/α-hetero) is 1. The van der Waals surface area contributed by atoms with E-state index in [2.05, 4.69) is 5.32 Å². The quantitative estimate of drug-likeness (QED) is 0.610. The number of aryl methyl sites for hydroxylation is 2. The van der Waals surface area contributed by atoms with Crippen molar-refractivity contribution in [2.24, 2.45) is 0 Å². The van der Waals surface area contributed by atoms with E-state index in [4.69, 9.17) is 4.74 Å². The maximum Gasteiger partial charge on any atom is 0.224 e. The zero-order valence-electron chi connectivity index (χ0n) is 14.4. The van der Waals surface area contributed by atoms with Crippen LogP contribution >= 0.6 is 0 Å². The van der Waals surface area contributed by atoms with E-state index in [9.17, 15) is 9.59 Å². The minimum absolute atomic E-state index is 0.0203. The summed E-state index contributed by atoms with van der Waals surface area (Å²) in [5.41, 5.74) is 3.47. The molecule has 2 aromatic rings. The Labute approximate surface area is 142 Å². The molecule has 0 aliphatic rings. The van der Waals surface area contributed by atoms with Gasteiger partial charge in [0.25, 0.3) is 0 Å². The Bertz CT molecular complexity index is 737. The summed E-state index contributed by atoms with van der Waals surface area (Å²) < 4.78 is 5.74. The first-order valence-corrected chi connectivity index (χ1v) is 8.06. The van der Waals surface area contributed by atoms with Gasteiger partial charge in [-0.2, -0.15) is 0 Å². The fourth-order valence-electron chi connectivity index (χ4n) is 2.32. The number of carbonyl (C=O) groups is 2. The predicted molar refractivity (Wildman–Crippen MR) is 95.7 cm³/mol. The normalized spacial score (nSPS) is 10.3. The largest absolute Gasteiger partial charge is 0.493 e. The fourth-order valence-corrected chi connectivity index (χ4v) is 2.32. The summed E-state index contributed by atoms with van der Waals surface area (Å²) in [6, 6.07) is 13.0. The summed E-state index contributed by atoms with van der Waals surface area (Å²) in [6.45, 7) is 6.02. The Kier molecular flexibility index (Phi) is 6.13. The van der Waals surface area contributed by atoms with Crippen molar-refractivity contribution >= 4 is 17.4 Å². The summed E-state index contributed by atoms with van der Waals surface area (Å²) >= 11 is 0. The van der Waals surface area contributed by atoms with Gasteiger partial charge in [0, 0.05) is 17.7 Å². The van der Waals surface area contributed by atoms with Crippen LogP contribution in [0.1, 0.15) is 41.3 Å². The lowest BCUT2D eigenvalue weighted by Crippen LogP contribution is -2.13. The summed E-state index contributed by atoms with van der Waals surface area (Å²) in [5.74, 6) is 0.762. The van der Waals surface area contributed by atoms with Gasteiger partial charge in [-0.05, 0) is 56.5 Å². The number of carbonyl (C=O) groups excluding carboxylic acids is 2. The lowest BCUT2D eigenvalue weighted by molar-refractivity contribution is -0.116. The number of nitrogens with one attached hydrogen (secondary N) is 1. The van der Waals surface area contributed by atoms with E-state index < -0.39 is 0 Å². The third-order valence-corrected chi connectivity index (χ3v) is 3.70. The Morgan fingerprint density at radius 1 is 1.08 bits per heavy atom. The van der Waals surface area contributed by atoms with Gasteiger partial charge in [0.2, 0.25) is 5.91 Å². The van der Waals surface area contributed by atoms with Crippen LogP contribution in [0.25, 0.3) is 0 Å². The van der Waals surface area contributed by atoms with Crippen LogP contribution in [0, 0.1) is 13.8 Å². The number of benzene rings is 2. The highest BCUT2D eigenvalue weighted by atomic mass is 16.5. The van der Waals surface area contributed by atoms with Gasteiger partial charge in [0.15, 0.2) is 5.78 Å². The van der Waals surface area contributed by atoms with Gasteiger partial charge in [-0.1, -0.05) is 24.3 Å². The van der Waals surface area contributed by atoms with Crippen molar-refractivity contribution < 1.29 is 14.3 Å². The molecule has 0 unspecified atom stereocenters. The van der Waals surface area contributed by atoms with Crippen LogP contribution in [0.4, 0.5) is 5.69 Å². The molecule has 2 rings (SSSR count). The van der Waals surface area contributed by atoms with Crippen LogP contribution < -0.4 is 10.1 Å². The van der Waals surface area contributed by atoms with Gasteiger partial charge in [0.1, 0.15) is 5.75 Å². The van der Waals surface area contributed by atoms with Gasteiger partial charge in [0.05, 0.1) is 6.61 Å².